The summed E-state index contributed by atoms with van der Waals surface area (Å²) in [7, 11) is 0. The summed E-state index contributed by atoms with van der Waals surface area (Å²) in [5.74, 6) is 0.100. The molecule has 2 rings (SSSR count). The molecule has 1 amide bonds. The predicted octanol–water partition coefficient (Wildman–Crippen LogP) is 3.43. The molecule has 0 fully saturated rings. The molecule has 1 aromatic carbocycles. The Morgan fingerprint density at radius 3 is 2.71 bits per heavy atom. The van der Waals surface area contributed by atoms with E-state index in [0.29, 0.717) is 5.69 Å². The molecule has 0 bridgehead atoms. The van der Waals surface area contributed by atoms with E-state index in [1.165, 1.54) is 0 Å². The standard InChI is InChI=1S/C13H17BrN2O/c1-3-5-13(4-2)9-6-8(15)7-10(14)11(9)16-12(13)17/h6-7H,3-5,15H2,1-2H3,(H,16,17). The van der Waals surface area contributed by atoms with E-state index in [2.05, 4.69) is 35.1 Å². The van der Waals surface area contributed by atoms with Crippen LogP contribution in [0.15, 0.2) is 16.6 Å². The molecule has 1 aromatic rings. The number of amides is 1. The van der Waals surface area contributed by atoms with Gasteiger partial charge >= 0.3 is 0 Å². The SMILES string of the molecule is CCCC1(CC)C(=O)Nc2c(Br)cc(N)cc21. The van der Waals surface area contributed by atoms with E-state index in [1.54, 1.807) is 0 Å². The monoisotopic (exact) mass is 296 g/mol. The Labute approximate surface area is 110 Å². The molecule has 0 saturated carbocycles. The van der Waals surface area contributed by atoms with Crippen molar-refractivity contribution in [3.05, 3.63) is 22.2 Å². The molecule has 17 heavy (non-hydrogen) atoms. The van der Waals surface area contributed by atoms with E-state index in [9.17, 15) is 4.79 Å². The van der Waals surface area contributed by atoms with Crippen molar-refractivity contribution in [3.8, 4) is 0 Å². The number of carbonyl (C=O) groups is 1. The smallest absolute Gasteiger partial charge is 0.235 e. The average Bonchev–Trinajstić information content (AvgIpc) is 2.54. The molecule has 0 aliphatic carbocycles. The van der Waals surface area contributed by atoms with Crippen LogP contribution >= 0.6 is 15.9 Å². The molecule has 1 unspecified atom stereocenters. The Hall–Kier alpha value is -1.03. The Kier molecular flexibility index (Phi) is 3.17. The first-order valence-corrected chi connectivity index (χ1v) is 6.75. The summed E-state index contributed by atoms with van der Waals surface area (Å²) in [6.45, 7) is 4.16. The van der Waals surface area contributed by atoms with Gasteiger partial charge in [-0.15, -0.1) is 0 Å². The summed E-state index contributed by atoms with van der Waals surface area (Å²) < 4.78 is 0.868. The van der Waals surface area contributed by atoms with Gasteiger partial charge in [0, 0.05) is 10.2 Å². The van der Waals surface area contributed by atoms with Crippen molar-refractivity contribution in [1.29, 1.82) is 0 Å². The quantitative estimate of drug-likeness (QED) is 0.840. The molecule has 1 heterocycles. The average molecular weight is 297 g/mol. The summed E-state index contributed by atoms with van der Waals surface area (Å²) in [4.78, 5) is 12.3. The van der Waals surface area contributed by atoms with Gasteiger partial charge in [-0.2, -0.15) is 0 Å². The number of halogens is 1. The van der Waals surface area contributed by atoms with Gasteiger partial charge in [0.05, 0.1) is 11.1 Å². The van der Waals surface area contributed by atoms with E-state index >= 15 is 0 Å². The lowest BCUT2D eigenvalue weighted by Gasteiger charge is -2.25. The van der Waals surface area contributed by atoms with Crippen LogP contribution in [0.2, 0.25) is 0 Å². The first kappa shape index (κ1) is 12.4. The topological polar surface area (TPSA) is 55.1 Å². The van der Waals surface area contributed by atoms with Crippen molar-refractivity contribution in [3.63, 3.8) is 0 Å². The minimum absolute atomic E-state index is 0.100. The number of fused-ring (bicyclic) bond motifs is 1. The van der Waals surface area contributed by atoms with E-state index in [1.807, 2.05) is 12.1 Å². The first-order chi connectivity index (χ1) is 8.05. The molecule has 92 valence electrons. The van der Waals surface area contributed by atoms with Crippen LogP contribution in [0.1, 0.15) is 38.7 Å². The largest absolute Gasteiger partial charge is 0.399 e. The number of anilines is 2. The van der Waals surface area contributed by atoms with Gasteiger partial charge in [0.2, 0.25) is 5.91 Å². The fourth-order valence-corrected chi connectivity index (χ4v) is 3.27. The molecule has 1 atom stereocenters. The second kappa shape index (κ2) is 4.33. The highest BCUT2D eigenvalue weighted by Crippen LogP contribution is 2.47. The molecule has 0 aromatic heterocycles. The summed E-state index contributed by atoms with van der Waals surface area (Å²) in [6.07, 6.45) is 2.64. The molecular weight excluding hydrogens is 280 g/mol. The minimum atomic E-state index is -0.401. The van der Waals surface area contributed by atoms with Gasteiger partial charge in [0.1, 0.15) is 0 Å². The summed E-state index contributed by atoms with van der Waals surface area (Å²) in [5, 5.41) is 2.98. The zero-order valence-electron chi connectivity index (χ0n) is 10.1. The Morgan fingerprint density at radius 1 is 1.41 bits per heavy atom. The van der Waals surface area contributed by atoms with Crippen molar-refractivity contribution < 1.29 is 4.79 Å². The Bertz CT molecular complexity index is 473. The number of nitrogens with one attached hydrogen (secondary N) is 1. The molecule has 0 saturated heterocycles. The van der Waals surface area contributed by atoms with Gasteiger partial charge in [-0.05, 0) is 46.5 Å². The fraction of sp³-hybridized carbons (Fsp3) is 0.462. The number of carbonyl (C=O) groups excluding carboxylic acids is 1. The molecule has 0 radical (unpaired) electrons. The van der Waals surface area contributed by atoms with Crippen molar-refractivity contribution in [2.45, 2.75) is 38.5 Å². The highest BCUT2D eigenvalue weighted by Gasteiger charge is 2.45. The van der Waals surface area contributed by atoms with E-state index in [0.717, 1.165) is 35.0 Å². The number of nitrogen functional groups attached to an aromatic ring is 1. The molecule has 4 heteroatoms. The van der Waals surface area contributed by atoms with Crippen molar-refractivity contribution in [2.75, 3.05) is 11.1 Å². The zero-order chi connectivity index (χ0) is 12.6. The first-order valence-electron chi connectivity index (χ1n) is 5.96. The van der Waals surface area contributed by atoms with Gasteiger partial charge in [-0.25, -0.2) is 0 Å². The highest BCUT2D eigenvalue weighted by atomic mass is 79.9. The number of benzene rings is 1. The fourth-order valence-electron chi connectivity index (χ4n) is 2.69. The van der Waals surface area contributed by atoms with Crippen LogP contribution < -0.4 is 11.1 Å². The van der Waals surface area contributed by atoms with Crippen molar-refractivity contribution in [2.24, 2.45) is 0 Å². The van der Waals surface area contributed by atoms with Gasteiger partial charge in [0.25, 0.3) is 0 Å². The van der Waals surface area contributed by atoms with Crippen LogP contribution in [0.3, 0.4) is 0 Å². The molecular formula is C13H17BrN2O. The van der Waals surface area contributed by atoms with Gasteiger partial charge in [-0.3, -0.25) is 4.79 Å². The molecule has 0 spiro atoms. The van der Waals surface area contributed by atoms with E-state index in [4.69, 9.17) is 5.73 Å². The minimum Gasteiger partial charge on any atom is -0.399 e. The van der Waals surface area contributed by atoms with E-state index < -0.39 is 5.41 Å². The molecule has 3 nitrogen and oxygen atoms in total. The van der Waals surface area contributed by atoms with Crippen LogP contribution in [-0.2, 0) is 10.2 Å². The van der Waals surface area contributed by atoms with Crippen LogP contribution in [0.5, 0.6) is 0 Å². The van der Waals surface area contributed by atoms with Gasteiger partial charge < -0.3 is 11.1 Å². The third-order valence-corrected chi connectivity index (χ3v) is 4.21. The summed E-state index contributed by atoms with van der Waals surface area (Å²) in [6, 6.07) is 3.76. The Balaban J connectivity index is 2.63. The zero-order valence-corrected chi connectivity index (χ0v) is 11.7. The second-order valence-corrected chi connectivity index (χ2v) is 5.42. The lowest BCUT2D eigenvalue weighted by molar-refractivity contribution is -0.121. The van der Waals surface area contributed by atoms with Gasteiger partial charge in [0.15, 0.2) is 0 Å². The third kappa shape index (κ3) is 1.75. The maximum absolute atomic E-state index is 12.3. The van der Waals surface area contributed by atoms with Crippen LogP contribution in [0.25, 0.3) is 0 Å². The van der Waals surface area contributed by atoms with Gasteiger partial charge in [-0.1, -0.05) is 20.3 Å². The summed E-state index contributed by atoms with van der Waals surface area (Å²) in [5.41, 5.74) is 8.10. The van der Waals surface area contributed by atoms with Crippen LogP contribution in [0.4, 0.5) is 11.4 Å². The second-order valence-electron chi connectivity index (χ2n) is 4.57. The molecule has 3 N–H and O–H groups in total. The number of nitrogens with two attached hydrogens (primary N) is 1. The lowest BCUT2D eigenvalue weighted by Crippen LogP contribution is -2.33. The van der Waals surface area contributed by atoms with E-state index in [-0.39, 0.29) is 5.91 Å². The van der Waals surface area contributed by atoms with Crippen molar-refractivity contribution >= 4 is 33.2 Å². The maximum atomic E-state index is 12.3. The van der Waals surface area contributed by atoms with Crippen LogP contribution in [0, 0.1) is 0 Å². The number of hydrogen-bond donors (Lipinski definition) is 2. The summed E-state index contributed by atoms with van der Waals surface area (Å²) >= 11 is 3.46. The molecule has 1 aliphatic rings. The van der Waals surface area contributed by atoms with Crippen LogP contribution in [-0.4, -0.2) is 5.91 Å². The maximum Gasteiger partial charge on any atom is 0.235 e. The normalized spacial score (nSPS) is 22.4. The lowest BCUT2D eigenvalue weighted by atomic mass is 9.75. The Morgan fingerprint density at radius 2 is 2.12 bits per heavy atom. The van der Waals surface area contributed by atoms with Crippen molar-refractivity contribution in [1.82, 2.24) is 0 Å². The number of rotatable bonds is 3. The predicted molar refractivity (Wildman–Crippen MR) is 74.1 cm³/mol. The number of hydrogen-bond acceptors (Lipinski definition) is 2. The molecule has 1 aliphatic heterocycles. The third-order valence-electron chi connectivity index (χ3n) is 3.58. The highest BCUT2D eigenvalue weighted by molar-refractivity contribution is 9.10.